The summed E-state index contributed by atoms with van der Waals surface area (Å²) in [6, 6.07) is 3.31. The summed E-state index contributed by atoms with van der Waals surface area (Å²) < 4.78 is 13.5. The molecule has 0 unspecified atom stereocenters. The first kappa shape index (κ1) is 10.5. The highest BCUT2D eigenvalue weighted by molar-refractivity contribution is 6.30. The summed E-state index contributed by atoms with van der Waals surface area (Å²) in [6.45, 7) is 5.36. The van der Waals surface area contributed by atoms with Crippen LogP contribution in [0, 0.1) is 12.7 Å². The average molecular weight is 202 g/mol. The Kier molecular flexibility index (Phi) is 2.64. The molecule has 0 aliphatic heterocycles. The van der Waals surface area contributed by atoms with Crippen molar-refractivity contribution in [3.8, 4) is 0 Å². The topological polar surface area (TPSA) is 26.0 Å². The van der Waals surface area contributed by atoms with Gasteiger partial charge in [-0.25, -0.2) is 4.39 Å². The number of halogens is 2. The van der Waals surface area contributed by atoms with Gasteiger partial charge < -0.3 is 5.73 Å². The van der Waals surface area contributed by atoms with Gasteiger partial charge in [0.2, 0.25) is 0 Å². The lowest BCUT2D eigenvalue weighted by atomic mass is 9.94. The van der Waals surface area contributed by atoms with E-state index in [0.29, 0.717) is 5.56 Å². The van der Waals surface area contributed by atoms with E-state index >= 15 is 0 Å². The fourth-order valence-corrected chi connectivity index (χ4v) is 1.47. The minimum atomic E-state index is -0.695. The summed E-state index contributed by atoms with van der Waals surface area (Å²) in [7, 11) is 0. The van der Waals surface area contributed by atoms with Crippen LogP contribution < -0.4 is 5.73 Å². The molecule has 0 aliphatic rings. The van der Waals surface area contributed by atoms with Gasteiger partial charge in [-0.2, -0.15) is 0 Å². The SMILES string of the molecule is Cc1cc(Cl)c(F)c(C(C)(C)N)c1. The molecule has 0 saturated heterocycles. The first-order valence-electron chi connectivity index (χ1n) is 4.07. The zero-order valence-electron chi connectivity index (χ0n) is 7.99. The van der Waals surface area contributed by atoms with E-state index in [-0.39, 0.29) is 5.02 Å². The molecule has 1 aromatic rings. The Balaban J connectivity index is 3.37. The van der Waals surface area contributed by atoms with Crippen LogP contribution in [0.4, 0.5) is 4.39 Å². The number of hydrogen-bond donors (Lipinski definition) is 1. The van der Waals surface area contributed by atoms with Crippen LogP contribution in [-0.4, -0.2) is 0 Å². The Hall–Kier alpha value is -0.600. The molecule has 0 fully saturated rings. The second-order valence-corrected chi connectivity index (χ2v) is 4.24. The zero-order chi connectivity index (χ0) is 10.2. The summed E-state index contributed by atoms with van der Waals surface area (Å²) in [5.41, 5.74) is 6.47. The van der Waals surface area contributed by atoms with Gasteiger partial charge in [0.15, 0.2) is 0 Å². The van der Waals surface area contributed by atoms with Gasteiger partial charge in [-0.15, -0.1) is 0 Å². The van der Waals surface area contributed by atoms with Crippen molar-refractivity contribution in [2.75, 3.05) is 0 Å². The lowest BCUT2D eigenvalue weighted by Gasteiger charge is -2.20. The molecule has 0 spiro atoms. The van der Waals surface area contributed by atoms with Crippen molar-refractivity contribution in [2.45, 2.75) is 26.3 Å². The van der Waals surface area contributed by atoms with Crippen molar-refractivity contribution in [1.82, 2.24) is 0 Å². The molecular formula is C10H13ClFN. The minimum absolute atomic E-state index is 0.133. The standard InChI is InChI=1S/C10H13ClFN/c1-6-4-7(10(2,3)13)9(12)8(11)5-6/h4-5H,13H2,1-3H3. The van der Waals surface area contributed by atoms with Gasteiger partial charge in [-0.05, 0) is 32.4 Å². The maximum atomic E-state index is 13.5. The fraction of sp³-hybridized carbons (Fsp3) is 0.400. The van der Waals surface area contributed by atoms with E-state index in [9.17, 15) is 4.39 Å². The maximum absolute atomic E-state index is 13.5. The molecule has 1 aromatic carbocycles. The van der Waals surface area contributed by atoms with Gasteiger partial charge in [-0.3, -0.25) is 0 Å². The molecule has 0 heterocycles. The Morgan fingerprint density at radius 3 is 2.38 bits per heavy atom. The van der Waals surface area contributed by atoms with Crippen molar-refractivity contribution < 1.29 is 4.39 Å². The van der Waals surface area contributed by atoms with E-state index in [1.807, 2.05) is 6.92 Å². The normalized spacial score (nSPS) is 11.8. The lowest BCUT2D eigenvalue weighted by molar-refractivity contribution is 0.501. The highest BCUT2D eigenvalue weighted by atomic mass is 35.5. The van der Waals surface area contributed by atoms with Crippen molar-refractivity contribution in [3.05, 3.63) is 34.1 Å². The van der Waals surface area contributed by atoms with Gasteiger partial charge in [0.05, 0.1) is 5.02 Å². The van der Waals surface area contributed by atoms with Gasteiger partial charge in [-0.1, -0.05) is 17.7 Å². The second-order valence-electron chi connectivity index (χ2n) is 3.83. The predicted octanol–water partition coefficient (Wildman–Crippen LogP) is 2.98. The van der Waals surface area contributed by atoms with Crippen LogP contribution in [0.2, 0.25) is 5.02 Å². The summed E-state index contributed by atoms with van der Waals surface area (Å²) >= 11 is 5.69. The lowest BCUT2D eigenvalue weighted by Crippen LogP contribution is -2.30. The number of rotatable bonds is 1. The van der Waals surface area contributed by atoms with Crippen LogP contribution in [0.3, 0.4) is 0 Å². The highest BCUT2D eigenvalue weighted by Gasteiger charge is 2.20. The Morgan fingerprint density at radius 2 is 1.92 bits per heavy atom. The molecule has 0 aromatic heterocycles. The van der Waals surface area contributed by atoms with E-state index in [1.54, 1.807) is 26.0 Å². The van der Waals surface area contributed by atoms with Crippen LogP contribution >= 0.6 is 11.6 Å². The average Bonchev–Trinajstić information content (AvgIpc) is 1.94. The van der Waals surface area contributed by atoms with Gasteiger partial charge >= 0.3 is 0 Å². The Bertz CT molecular complexity index is 328. The monoisotopic (exact) mass is 201 g/mol. The predicted molar refractivity (Wildman–Crippen MR) is 53.4 cm³/mol. The highest BCUT2D eigenvalue weighted by Crippen LogP contribution is 2.27. The van der Waals surface area contributed by atoms with Gasteiger partial charge in [0.1, 0.15) is 5.82 Å². The van der Waals surface area contributed by atoms with E-state index in [1.165, 1.54) is 0 Å². The molecule has 0 bridgehead atoms. The molecule has 0 saturated carbocycles. The Morgan fingerprint density at radius 1 is 1.38 bits per heavy atom. The number of nitrogens with two attached hydrogens (primary N) is 1. The van der Waals surface area contributed by atoms with Crippen LogP contribution in [0.15, 0.2) is 12.1 Å². The van der Waals surface area contributed by atoms with Crippen LogP contribution in [0.5, 0.6) is 0 Å². The molecule has 3 heteroatoms. The molecule has 0 aliphatic carbocycles. The smallest absolute Gasteiger partial charge is 0.146 e. The van der Waals surface area contributed by atoms with Crippen LogP contribution in [0.25, 0.3) is 0 Å². The third-order valence-electron chi connectivity index (χ3n) is 1.87. The zero-order valence-corrected chi connectivity index (χ0v) is 8.74. The molecular weight excluding hydrogens is 189 g/mol. The Labute approximate surface area is 82.7 Å². The van der Waals surface area contributed by atoms with Crippen molar-refractivity contribution in [2.24, 2.45) is 5.73 Å². The minimum Gasteiger partial charge on any atom is -0.322 e. The second kappa shape index (κ2) is 3.28. The molecule has 1 nitrogen and oxygen atoms in total. The van der Waals surface area contributed by atoms with E-state index in [0.717, 1.165) is 5.56 Å². The maximum Gasteiger partial charge on any atom is 0.146 e. The van der Waals surface area contributed by atoms with E-state index in [2.05, 4.69) is 0 Å². The fourth-order valence-electron chi connectivity index (χ4n) is 1.19. The first-order valence-corrected chi connectivity index (χ1v) is 4.45. The molecule has 0 atom stereocenters. The molecule has 0 radical (unpaired) electrons. The summed E-state index contributed by atoms with van der Waals surface area (Å²) in [5.74, 6) is -0.417. The third-order valence-corrected chi connectivity index (χ3v) is 2.14. The number of aryl methyl sites for hydroxylation is 1. The van der Waals surface area contributed by atoms with Crippen LogP contribution in [-0.2, 0) is 5.54 Å². The quantitative estimate of drug-likeness (QED) is 0.743. The summed E-state index contributed by atoms with van der Waals surface area (Å²) in [4.78, 5) is 0. The molecule has 0 amide bonds. The molecule has 13 heavy (non-hydrogen) atoms. The molecule has 2 N–H and O–H groups in total. The molecule has 1 rings (SSSR count). The van der Waals surface area contributed by atoms with Gasteiger partial charge in [0.25, 0.3) is 0 Å². The number of benzene rings is 1. The van der Waals surface area contributed by atoms with Crippen molar-refractivity contribution >= 4 is 11.6 Å². The van der Waals surface area contributed by atoms with E-state index in [4.69, 9.17) is 17.3 Å². The van der Waals surface area contributed by atoms with E-state index < -0.39 is 11.4 Å². The number of hydrogen-bond acceptors (Lipinski definition) is 1. The van der Waals surface area contributed by atoms with Crippen LogP contribution in [0.1, 0.15) is 25.0 Å². The van der Waals surface area contributed by atoms with Gasteiger partial charge in [0, 0.05) is 11.1 Å². The largest absolute Gasteiger partial charge is 0.322 e. The van der Waals surface area contributed by atoms with Crippen molar-refractivity contribution in [1.29, 1.82) is 0 Å². The molecule has 72 valence electrons. The first-order chi connectivity index (χ1) is 5.82. The van der Waals surface area contributed by atoms with Crippen molar-refractivity contribution in [3.63, 3.8) is 0 Å². The summed E-state index contributed by atoms with van der Waals surface area (Å²) in [5, 5.41) is 0.133. The summed E-state index contributed by atoms with van der Waals surface area (Å²) in [6.07, 6.45) is 0. The third kappa shape index (κ3) is 2.20.